The third-order valence-electron chi connectivity index (χ3n) is 2.52. The number of rotatable bonds is 6. The molecule has 0 atom stereocenters. The van der Waals surface area contributed by atoms with Gasteiger partial charge in [0.05, 0.1) is 18.7 Å². The van der Waals surface area contributed by atoms with Crippen LogP contribution in [0, 0.1) is 13.8 Å². The molecule has 0 saturated carbocycles. The van der Waals surface area contributed by atoms with Gasteiger partial charge in [0.2, 0.25) is 0 Å². The van der Waals surface area contributed by atoms with Crippen LogP contribution in [0.1, 0.15) is 28.9 Å². The summed E-state index contributed by atoms with van der Waals surface area (Å²) in [6.45, 7) is 8.29. The Balaban J connectivity index is 2.52. The van der Waals surface area contributed by atoms with Crippen LogP contribution in [0.4, 0.5) is 0 Å². The lowest BCUT2D eigenvalue weighted by molar-refractivity contribution is -0.137. The molecule has 0 saturated heterocycles. The Morgan fingerprint density at radius 1 is 1.50 bits per heavy atom. The first-order chi connectivity index (χ1) is 7.52. The second-order valence-electron chi connectivity index (χ2n) is 3.76. The number of aromatic nitrogens is 1. The Morgan fingerprint density at radius 3 is 2.62 bits per heavy atom. The molecule has 1 rings (SSSR count). The molecule has 0 aliphatic heterocycles. The fourth-order valence-corrected chi connectivity index (χ4v) is 2.38. The fourth-order valence-electron chi connectivity index (χ4n) is 1.40. The van der Waals surface area contributed by atoms with Crippen molar-refractivity contribution in [3.05, 3.63) is 15.6 Å². The van der Waals surface area contributed by atoms with Crippen LogP contribution in [0.5, 0.6) is 0 Å². The first-order valence-corrected chi connectivity index (χ1v) is 6.21. The number of aliphatic carboxylic acids is 1. The van der Waals surface area contributed by atoms with Crippen LogP contribution in [0.3, 0.4) is 0 Å². The summed E-state index contributed by atoms with van der Waals surface area (Å²) in [5.74, 6) is -0.745. The Morgan fingerprint density at radius 2 is 2.19 bits per heavy atom. The average Bonchev–Trinajstić information content (AvgIpc) is 2.52. The van der Waals surface area contributed by atoms with Gasteiger partial charge in [0, 0.05) is 11.4 Å². The third-order valence-corrected chi connectivity index (χ3v) is 3.58. The second kappa shape index (κ2) is 5.96. The van der Waals surface area contributed by atoms with E-state index in [-0.39, 0.29) is 6.42 Å². The monoisotopic (exact) mass is 242 g/mol. The van der Waals surface area contributed by atoms with E-state index in [9.17, 15) is 4.79 Å². The molecule has 1 aromatic rings. The number of hydrogen-bond donors (Lipinski definition) is 1. The maximum atomic E-state index is 10.5. The SMILES string of the molecule is CCN(CCC(=O)O)Cc1nc(C)c(C)s1. The number of carboxylic acids is 1. The average molecular weight is 242 g/mol. The molecule has 0 unspecified atom stereocenters. The number of thiazole rings is 1. The number of carbonyl (C=O) groups is 1. The molecule has 1 heterocycles. The van der Waals surface area contributed by atoms with E-state index >= 15 is 0 Å². The first-order valence-electron chi connectivity index (χ1n) is 5.40. The van der Waals surface area contributed by atoms with Gasteiger partial charge in [-0.25, -0.2) is 4.98 Å². The minimum absolute atomic E-state index is 0.192. The standard InChI is InChI=1S/C11H18N2O2S/c1-4-13(6-5-11(14)15)7-10-12-8(2)9(3)16-10/h4-7H2,1-3H3,(H,14,15). The smallest absolute Gasteiger partial charge is 0.304 e. The molecule has 1 aromatic heterocycles. The van der Waals surface area contributed by atoms with Crippen LogP contribution in [-0.4, -0.2) is 34.0 Å². The summed E-state index contributed by atoms with van der Waals surface area (Å²) >= 11 is 1.69. The van der Waals surface area contributed by atoms with Crippen molar-refractivity contribution in [1.29, 1.82) is 0 Å². The number of carboxylic acid groups (broad SMARTS) is 1. The molecule has 16 heavy (non-hydrogen) atoms. The van der Waals surface area contributed by atoms with Crippen molar-refractivity contribution >= 4 is 17.3 Å². The van der Waals surface area contributed by atoms with Gasteiger partial charge in [-0.2, -0.15) is 0 Å². The van der Waals surface area contributed by atoms with Crippen molar-refractivity contribution < 1.29 is 9.90 Å². The van der Waals surface area contributed by atoms with Gasteiger partial charge in [-0.1, -0.05) is 6.92 Å². The molecule has 1 N–H and O–H groups in total. The van der Waals surface area contributed by atoms with Crippen LogP contribution < -0.4 is 0 Å². The zero-order valence-electron chi connectivity index (χ0n) is 9.99. The van der Waals surface area contributed by atoms with Gasteiger partial charge in [0.25, 0.3) is 0 Å². The molecule has 0 amide bonds. The quantitative estimate of drug-likeness (QED) is 0.829. The maximum absolute atomic E-state index is 10.5. The topological polar surface area (TPSA) is 53.4 Å². The molecule has 0 radical (unpaired) electrons. The van der Waals surface area contributed by atoms with Crippen molar-refractivity contribution in [3.63, 3.8) is 0 Å². The summed E-state index contributed by atoms with van der Waals surface area (Å²) in [6, 6.07) is 0. The van der Waals surface area contributed by atoms with E-state index in [1.165, 1.54) is 4.88 Å². The van der Waals surface area contributed by atoms with Gasteiger partial charge in [-0.15, -0.1) is 11.3 Å². The number of hydrogen-bond acceptors (Lipinski definition) is 4. The zero-order valence-corrected chi connectivity index (χ0v) is 10.8. The van der Waals surface area contributed by atoms with Gasteiger partial charge < -0.3 is 5.11 Å². The fraction of sp³-hybridized carbons (Fsp3) is 0.636. The normalized spacial score (nSPS) is 11.0. The van der Waals surface area contributed by atoms with E-state index in [1.807, 2.05) is 13.8 Å². The van der Waals surface area contributed by atoms with Crippen molar-refractivity contribution in [2.45, 2.75) is 33.7 Å². The predicted octanol–water partition coefficient (Wildman–Crippen LogP) is 2.06. The second-order valence-corrected chi connectivity index (χ2v) is 5.05. The first kappa shape index (κ1) is 13.1. The molecule has 0 aliphatic carbocycles. The van der Waals surface area contributed by atoms with E-state index in [1.54, 1.807) is 11.3 Å². The lowest BCUT2D eigenvalue weighted by atomic mass is 10.3. The third kappa shape index (κ3) is 3.90. The van der Waals surface area contributed by atoms with Crippen molar-refractivity contribution in [1.82, 2.24) is 9.88 Å². The molecule has 4 nitrogen and oxygen atoms in total. The highest BCUT2D eigenvalue weighted by molar-refractivity contribution is 7.11. The highest BCUT2D eigenvalue weighted by Gasteiger charge is 2.10. The Hall–Kier alpha value is -0.940. The van der Waals surface area contributed by atoms with Gasteiger partial charge in [-0.3, -0.25) is 9.69 Å². The predicted molar refractivity (Wildman–Crippen MR) is 64.8 cm³/mol. The number of aryl methyl sites for hydroxylation is 2. The summed E-state index contributed by atoms with van der Waals surface area (Å²) in [5, 5.41) is 9.70. The summed E-state index contributed by atoms with van der Waals surface area (Å²) in [6.07, 6.45) is 0.192. The Bertz CT molecular complexity index is 343. The number of nitrogens with zero attached hydrogens (tertiary/aromatic N) is 2. The van der Waals surface area contributed by atoms with Gasteiger partial charge in [-0.05, 0) is 20.4 Å². The van der Waals surface area contributed by atoms with E-state index in [2.05, 4.69) is 16.8 Å². The minimum Gasteiger partial charge on any atom is -0.481 e. The molecular weight excluding hydrogens is 224 g/mol. The molecule has 0 aliphatic rings. The van der Waals surface area contributed by atoms with Crippen molar-refractivity contribution in [3.8, 4) is 0 Å². The molecule has 0 bridgehead atoms. The molecule has 0 spiro atoms. The summed E-state index contributed by atoms with van der Waals surface area (Å²) in [5.41, 5.74) is 1.08. The largest absolute Gasteiger partial charge is 0.481 e. The van der Waals surface area contributed by atoms with E-state index in [4.69, 9.17) is 5.11 Å². The summed E-state index contributed by atoms with van der Waals surface area (Å²) in [4.78, 5) is 18.3. The van der Waals surface area contributed by atoms with Crippen molar-refractivity contribution in [2.24, 2.45) is 0 Å². The van der Waals surface area contributed by atoms with E-state index in [0.717, 1.165) is 23.8 Å². The van der Waals surface area contributed by atoms with Crippen LogP contribution >= 0.6 is 11.3 Å². The zero-order chi connectivity index (χ0) is 12.1. The van der Waals surface area contributed by atoms with Crippen molar-refractivity contribution in [2.75, 3.05) is 13.1 Å². The molecule has 0 aromatic carbocycles. The highest BCUT2D eigenvalue weighted by Crippen LogP contribution is 2.18. The Labute approximate surface area is 99.9 Å². The Kier molecular flexibility index (Phi) is 4.89. The van der Waals surface area contributed by atoms with Gasteiger partial charge >= 0.3 is 5.97 Å². The maximum Gasteiger partial charge on any atom is 0.304 e. The lowest BCUT2D eigenvalue weighted by Crippen LogP contribution is -2.25. The molecule has 0 fully saturated rings. The minimum atomic E-state index is -0.745. The molecular formula is C11H18N2O2S. The van der Waals surface area contributed by atoms with E-state index in [0.29, 0.717) is 6.54 Å². The summed E-state index contributed by atoms with van der Waals surface area (Å²) in [7, 11) is 0. The van der Waals surface area contributed by atoms with Crippen LogP contribution in [0.25, 0.3) is 0 Å². The van der Waals surface area contributed by atoms with E-state index < -0.39 is 5.97 Å². The molecule has 5 heteroatoms. The van der Waals surface area contributed by atoms with Gasteiger partial charge in [0.1, 0.15) is 5.01 Å². The van der Waals surface area contributed by atoms with Crippen LogP contribution in [-0.2, 0) is 11.3 Å². The van der Waals surface area contributed by atoms with Gasteiger partial charge in [0.15, 0.2) is 0 Å². The highest BCUT2D eigenvalue weighted by atomic mass is 32.1. The van der Waals surface area contributed by atoms with Crippen LogP contribution in [0.2, 0.25) is 0 Å². The lowest BCUT2D eigenvalue weighted by Gasteiger charge is -2.17. The molecule has 90 valence electrons. The van der Waals surface area contributed by atoms with Crippen LogP contribution in [0.15, 0.2) is 0 Å². The summed E-state index contributed by atoms with van der Waals surface area (Å²) < 4.78 is 0.